The summed E-state index contributed by atoms with van der Waals surface area (Å²) in [7, 11) is 1.83. The third-order valence-electron chi connectivity index (χ3n) is 0.922. The summed E-state index contributed by atoms with van der Waals surface area (Å²) in [5.41, 5.74) is 0. The van der Waals surface area contributed by atoms with Gasteiger partial charge in [0.2, 0.25) is 0 Å². The standard InChI is InChI=1S/C6H9N2O/c1-3-9-6-4-7-8(2)5-6/h5H,3H2,1-2H3. The van der Waals surface area contributed by atoms with Crippen molar-refractivity contribution in [2.75, 3.05) is 6.61 Å². The Labute approximate surface area is 54.2 Å². The van der Waals surface area contributed by atoms with Gasteiger partial charge in [-0.1, -0.05) is 0 Å². The molecule has 0 aliphatic carbocycles. The van der Waals surface area contributed by atoms with Crippen molar-refractivity contribution in [1.82, 2.24) is 9.78 Å². The molecule has 1 radical (unpaired) electrons. The monoisotopic (exact) mass is 125 g/mol. The fraction of sp³-hybridized carbons (Fsp3) is 0.500. The molecular formula is C6H9N2O. The first-order valence-electron chi connectivity index (χ1n) is 2.87. The van der Waals surface area contributed by atoms with Crippen molar-refractivity contribution in [3.05, 3.63) is 12.4 Å². The predicted molar refractivity (Wildman–Crippen MR) is 33.2 cm³/mol. The molecule has 49 valence electrons. The van der Waals surface area contributed by atoms with Crippen LogP contribution in [0, 0.1) is 6.20 Å². The number of aryl methyl sites for hydroxylation is 1. The topological polar surface area (TPSA) is 27.1 Å². The highest BCUT2D eigenvalue weighted by molar-refractivity contribution is 5.09. The zero-order valence-electron chi connectivity index (χ0n) is 5.59. The largest absolute Gasteiger partial charge is 0.490 e. The Morgan fingerprint density at radius 3 is 3.11 bits per heavy atom. The van der Waals surface area contributed by atoms with Crippen LogP contribution in [0.15, 0.2) is 6.20 Å². The smallest absolute Gasteiger partial charge is 0.166 e. The van der Waals surface area contributed by atoms with Crippen LogP contribution in [0.5, 0.6) is 5.75 Å². The minimum absolute atomic E-state index is 0.669. The molecule has 0 bridgehead atoms. The van der Waals surface area contributed by atoms with E-state index in [1.54, 1.807) is 10.9 Å². The zero-order valence-corrected chi connectivity index (χ0v) is 5.59. The summed E-state index contributed by atoms with van der Waals surface area (Å²) in [5, 5.41) is 3.80. The Hall–Kier alpha value is -0.990. The Bertz CT molecular complexity index is 183. The third kappa shape index (κ3) is 1.45. The number of hydrogen-bond donors (Lipinski definition) is 0. The van der Waals surface area contributed by atoms with Crippen molar-refractivity contribution in [2.45, 2.75) is 6.92 Å². The van der Waals surface area contributed by atoms with Gasteiger partial charge in [-0.15, -0.1) is 0 Å². The van der Waals surface area contributed by atoms with Crippen LogP contribution in [0.25, 0.3) is 0 Å². The second kappa shape index (κ2) is 2.53. The normalized spacial score (nSPS) is 9.56. The molecule has 1 rings (SSSR count). The molecule has 0 amide bonds. The number of aromatic nitrogens is 2. The van der Waals surface area contributed by atoms with Gasteiger partial charge in [0, 0.05) is 7.05 Å². The third-order valence-corrected chi connectivity index (χ3v) is 0.922. The lowest BCUT2D eigenvalue weighted by Gasteiger charge is -1.93. The minimum Gasteiger partial charge on any atom is -0.490 e. The van der Waals surface area contributed by atoms with E-state index in [0.717, 1.165) is 0 Å². The van der Waals surface area contributed by atoms with E-state index in [1.165, 1.54) is 0 Å². The maximum absolute atomic E-state index is 5.09. The van der Waals surface area contributed by atoms with Gasteiger partial charge in [-0.25, -0.2) is 0 Å². The Morgan fingerprint density at radius 2 is 2.67 bits per heavy atom. The maximum atomic E-state index is 5.09. The lowest BCUT2D eigenvalue weighted by Crippen LogP contribution is -1.89. The summed E-state index contributed by atoms with van der Waals surface area (Å²) >= 11 is 0. The van der Waals surface area contributed by atoms with Crippen molar-refractivity contribution in [2.24, 2.45) is 7.05 Å². The molecular weight excluding hydrogens is 116 g/mol. The molecule has 3 heteroatoms. The lowest BCUT2D eigenvalue weighted by atomic mass is 10.6. The fourth-order valence-electron chi connectivity index (χ4n) is 0.581. The van der Waals surface area contributed by atoms with Crippen LogP contribution in [0.2, 0.25) is 0 Å². The molecule has 0 saturated carbocycles. The zero-order chi connectivity index (χ0) is 6.69. The van der Waals surface area contributed by atoms with Gasteiger partial charge in [-0.3, -0.25) is 4.68 Å². The molecule has 3 nitrogen and oxygen atoms in total. The molecule has 0 aromatic carbocycles. The van der Waals surface area contributed by atoms with Gasteiger partial charge in [0.05, 0.1) is 12.8 Å². The van der Waals surface area contributed by atoms with Gasteiger partial charge in [0.25, 0.3) is 0 Å². The average Bonchev–Trinajstić information content (AvgIpc) is 2.17. The molecule has 0 unspecified atom stereocenters. The quantitative estimate of drug-likeness (QED) is 0.579. The molecule has 0 fully saturated rings. The van der Waals surface area contributed by atoms with Crippen LogP contribution < -0.4 is 4.74 Å². The molecule has 0 aliphatic rings. The maximum Gasteiger partial charge on any atom is 0.166 e. The second-order valence-corrected chi connectivity index (χ2v) is 1.71. The Kier molecular flexibility index (Phi) is 1.72. The van der Waals surface area contributed by atoms with E-state index in [0.29, 0.717) is 12.4 Å². The molecule has 1 aromatic rings. The van der Waals surface area contributed by atoms with Gasteiger partial charge >= 0.3 is 0 Å². The summed E-state index contributed by atoms with van der Waals surface area (Å²) < 4.78 is 6.75. The van der Waals surface area contributed by atoms with Gasteiger partial charge in [-0.2, -0.15) is 5.10 Å². The van der Waals surface area contributed by atoms with Gasteiger partial charge in [-0.05, 0) is 6.92 Å². The highest BCUT2D eigenvalue weighted by Gasteiger charge is 1.92. The lowest BCUT2D eigenvalue weighted by molar-refractivity contribution is 0.339. The van der Waals surface area contributed by atoms with Crippen molar-refractivity contribution in [3.8, 4) is 5.75 Å². The van der Waals surface area contributed by atoms with Crippen LogP contribution in [0.3, 0.4) is 0 Å². The first-order chi connectivity index (χ1) is 4.33. The first kappa shape index (κ1) is 6.13. The summed E-state index contributed by atoms with van der Waals surface area (Å²) in [5.74, 6) is 0.708. The number of nitrogens with zero attached hydrogens (tertiary/aromatic N) is 2. The van der Waals surface area contributed by atoms with E-state index in [4.69, 9.17) is 4.74 Å². The van der Waals surface area contributed by atoms with E-state index >= 15 is 0 Å². The average molecular weight is 125 g/mol. The molecule has 0 atom stereocenters. The SMILES string of the molecule is CCOc1[c]nn(C)c1. The number of ether oxygens (including phenoxy) is 1. The van der Waals surface area contributed by atoms with E-state index in [1.807, 2.05) is 14.0 Å². The molecule has 0 spiro atoms. The van der Waals surface area contributed by atoms with Crippen LogP contribution in [-0.2, 0) is 7.05 Å². The summed E-state index contributed by atoms with van der Waals surface area (Å²) in [6.45, 7) is 2.60. The predicted octanol–water partition coefficient (Wildman–Crippen LogP) is 0.619. The number of rotatable bonds is 2. The summed E-state index contributed by atoms with van der Waals surface area (Å²) in [6.07, 6.45) is 4.48. The Balaban J connectivity index is 2.61. The molecule has 9 heavy (non-hydrogen) atoms. The summed E-state index contributed by atoms with van der Waals surface area (Å²) in [4.78, 5) is 0. The van der Waals surface area contributed by atoms with Crippen LogP contribution in [-0.4, -0.2) is 16.4 Å². The highest BCUT2D eigenvalue weighted by Crippen LogP contribution is 2.04. The van der Waals surface area contributed by atoms with Crippen molar-refractivity contribution in [1.29, 1.82) is 0 Å². The van der Waals surface area contributed by atoms with Crippen molar-refractivity contribution >= 4 is 0 Å². The van der Waals surface area contributed by atoms with Crippen LogP contribution in [0.1, 0.15) is 6.92 Å². The summed E-state index contributed by atoms with van der Waals surface area (Å²) in [6, 6.07) is 0. The fourth-order valence-corrected chi connectivity index (χ4v) is 0.581. The molecule has 0 aliphatic heterocycles. The molecule has 0 saturated heterocycles. The van der Waals surface area contributed by atoms with E-state index in [2.05, 4.69) is 11.3 Å². The number of hydrogen-bond acceptors (Lipinski definition) is 2. The molecule has 1 aromatic heterocycles. The molecule has 0 N–H and O–H groups in total. The minimum atomic E-state index is 0.669. The van der Waals surface area contributed by atoms with Gasteiger partial charge < -0.3 is 4.74 Å². The molecule has 1 heterocycles. The second-order valence-electron chi connectivity index (χ2n) is 1.71. The van der Waals surface area contributed by atoms with Crippen LogP contribution in [0.4, 0.5) is 0 Å². The Morgan fingerprint density at radius 1 is 1.89 bits per heavy atom. The van der Waals surface area contributed by atoms with E-state index < -0.39 is 0 Å². The van der Waals surface area contributed by atoms with Gasteiger partial charge in [0.15, 0.2) is 11.9 Å². The van der Waals surface area contributed by atoms with Crippen molar-refractivity contribution < 1.29 is 4.74 Å². The van der Waals surface area contributed by atoms with E-state index in [-0.39, 0.29) is 0 Å². The van der Waals surface area contributed by atoms with E-state index in [9.17, 15) is 0 Å². The highest BCUT2D eigenvalue weighted by atomic mass is 16.5. The van der Waals surface area contributed by atoms with Crippen LogP contribution >= 0.6 is 0 Å². The first-order valence-corrected chi connectivity index (χ1v) is 2.87. The van der Waals surface area contributed by atoms with Gasteiger partial charge in [0.1, 0.15) is 0 Å². The van der Waals surface area contributed by atoms with Crippen molar-refractivity contribution in [3.63, 3.8) is 0 Å².